The number of benzene rings is 1. The number of nitrogens with zero attached hydrogens (tertiary/aromatic N) is 1. The number of hydrogen-bond donors (Lipinski definition) is 1. The molecule has 1 saturated heterocycles. The molecule has 2 atom stereocenters. The summed E-state index contributed by atoms with van der Waals surface area (Å²) in [5.41, 5.74) is 2.77. The smallest absolute Gasteiger partial charge is 0.0426 e. The molecule has 1 aliphatic rings. The average molecular weight is 357 g/mol. The van der Waals surface area contributed by atoms with Crippen molar-refractivity contribution in [1.29, 1.82) is 0 Å². The molecule has 2 unspecified atom stereocenters. The Morgan fingerprint density at radius 3 is 2.95 bits per heavy atom. The molecule has 1 aliphatic heterocycles. The third kappa shape index (κ3) is 3.92. The normalized spacial score (nSPS) is 20.1. The van der Waals surface area contributed by atoms with Crippen LogP contribution in [0.4, 0.5) is 5.69 Å². The second kappa shape index (κ2) is 7.71. The van der Waals surface area contributed by atoms with E-state index in [4.69, 9.17) is 0 Å². The number of rotatable bonds is 6. The van der Waals surface area contributed by atoms with E-state index in [1.807, 2.05) is 0 Å². The van der Waals surface area contributed by atoms with Crippen molar-refractivity contribution >= 4 is 33.4 Å². The van der Waals surface area contributed by atoms with Crippen molar-refractivity contribution in [3.63, 3.8) is 0 Å². The lowest BCUT2D eigenvalue weighted by Gasteiger charge is -2.30. The van der Waals surface area contributed by atoms with E-state index in [0.29, 0.717) is 12.1 Å². The Morgan fingerprint density at radius 2 is 2.30 bits per heavy atom. The highest BCUT2D eigenvalue weighted by atomic mass is 79.9. The van der Waals surface area contributed by atoms with Crippen LogP contribution in [0.5, 0.6) is 0 Å². The lowest BCUT2D eigenvalue weighted by Crippen LogP contribution is -2.33. The maximum Gasteiger partial charge on any atom is 0.0426 e. The molecule has 1 aromatic carbocycles. The van der Waals surface area contributed by atoms with Crippen LogP contribution in [0, 0.1) is 0 Å². The molecule has 0 spiro atoms. The SMILES string of the molecule is CCCNC(C)c1ccc(Br)cc1N(C)C1CCSC1. The van der Waals surface area contributed by atoms with E-state index < -0.39 is 0 Å². The van der Waals surface area contributed by atoms with Gasteiger partial charge in [-0.15, -0.1) is 0 Å². The van der Waals surface area contributed by atoms with Gasteiger partial charge in [-0.2, -0.15) is 11.8 Å². The minimum absolute atomic E-state index is 0.398. The first-order valence-electron chi connectivity index (χ1n) is 7.47. The summed E-state index contributed by atoms with van der Waals surface area (Å²) in [5, 5.41) is 3.61. The molecule has 112 valence electrons. The van der Waals surface area contributed by atoms with Gasteiger partial charge in [0, 0.05) is 35.0 Å². The van der Waals surface area contributed by atoms with Gasteiger partial charge in [0.15, 0.2) is 0 Å². The van der Waals surface area contributed by atoms with Gasteiger partial charge in [0.25, 0.3) is 0 Å². The standard InChI is InChI=1S/C16H25BrN2S/c1-4-8-18-12(2)15-6-5-13(17)10-16(15)19(3)14-7-9-20-11-14/h5-6,10,12,14,18H,4,7-9,11H2,1-3H3. The lowest BCUT2D eigenvalue weighted by molar-refractivity contribution is 0.567. The first-order chi connectivity index (χ1) is 9.63. The van der Waals surface area contributed by atoms with E-state index in [9.17, 15) is 0 Å². The molecule has 1 heterocycles. The molecule has 0 saturated carbocycles. The van der Waals surface area contributed by atoms with Crippen molar-refractivity contribution in [2.75, 3.05) is 30.0 Å². The van der Waals surface area contributed by atoms with Crippen LogP contribution in [0.25, 0.3) is 0 Å². The number of anilines is 1. The number of thioether (sulfide) groups is 1. The molecule has 4 heteroatoms. The summed E-state index contributed by atoms with van der Waals surface area (Å²) in [4.78, 5) is 2.48. The largest absolute Gasteiger partial charge is 0.370 e. The molecular formula is C16H25BrN2S. The van der Waals surface area contributed by atoms with Crippen LogP contribution in [0.2, 0.25) is 0 Å². The Morgan fingerprint density at radius 1 is 1.50 bits per heavy atom. The molecule has 1 aromatic rings. The van der Waals surface area contributed by atoms with Gasteiger partial charge in [0.2, 0.25) is 0 Å². The summed E-state index contributed by atoms with van der Waals surface area (Å²) < 4.78 is 1.16. The highest BCUT2D eigenvalue weighted by molar-refractivity contribution is 9.10. The molecule has 0 aromatic heterocycles. The Labute approximate surface area is 135 Å². The number of halogens is 1. The first-order valence-corrected chi connectivity index (χ1v) is 9.41. The zero-order valence-electron chi connectivity index (χ0n) is 12.7. The molecule has 1 fully saturated rings. The van der Waals surface area contributed by atoms with Crippen LogP contribution < -0.4 is 10.2 Å². The zero-order chi connectivity index (χ0) is 14.5. The highest BCUT2D eigenvalue weighted by Gasteiger charge is 2.23. The van der Waals surface area contributed by atoms with Gasteiger partial charge < -0.3 is 10.2 Å². The fraction of sp³-hybridized carbons (Fsp3) is 0.625. The summed E-state index contributed by atoms with van der Waals surface area (Å²) in [7, 11) is 2.24. The Bertz CT molecular complexity index is 432. The maximum absolute atomic E-state index is 3.62. The van der Waals surface area contributed by atoms with E-state index in [1.54, 1.807) is 0 Å². The van der Waals surface area contributed by atoms with Gasteiger partial charge in [-0.1, -0.05) is 28.9 Å². The molecular weight excluding hydrogens is 332 g/mol. The summed E-state index contributed by atoms with van der Waals surface area (Å²) in [6.45, 7) is 5.55. The molecule has 0 radical (unpaired) electrons. The minimum Gasteiger partial charge on any atom is -0.370 e. The summed E-state index contributed by atoms with van der Waals surface area (Å²) in [6, 6.07) is 7.74. The molecule has 20 heavy (non-hydrogen) atoms. The molecule has 0 amide bonds. The van der Waals surface area contributed by atoms with Crippen LogP contribution in [0.15, 0.2) is 22.7 Å². The van der Waals surface area contributed by atoms with Crippen molar-refractivity contribution in [3.05, 3.63) is 28.2 Å². The molecule has 0 bridgehead atoms. The van der Waals surface area contributed by atoms with Gasteiger partial charge >= 0.3 is 0 Å². The van der Waals surface area contributed by atoms with Gasteiger partial charge in [-0.05, 0) is 49.8 Å². The minimum atomic E-state index is 0.398. The van der Waals surface area contributed by atoms with E-state index in [2.05, 4.69) is 77.0 Å². The predicted octanol–water partition coefficient (Wildman–Crippen LogP) is 4.45. The Hall–Kier alpha value is -0.190. The van der Waals surface area contributed by atoms with Gasteiger partial charge in [-0.25, -0.2) is 0 Å². The van der Waals surface area contributed by atoms with Crippen molar-refractivity contribution in [2.24, 2.45) is 0 Å². The van der Waals surface area contributed by atoms with Crippen molar-refractivity contribution < 1.29 is 0 Å². The second-order valence-corrected chi connectivity index (χ2v) is 7.57. The lowest BCUT2D eigenvalue weighted by atomic mass is 10.0. The monoisotopic (exact) mass is 356 g/mol. The third-order valence-electron chi connectivity index (χ3n) is 3.99. The van der Waals surface area contributed by atoms with E-state index >= 15 is 0 Å². The zero-order valence-corrected chi connectivity index (χ0v) is 15.1. The summed E-state index contributed by atoms with van der Waals surface area (Å²) in [6.07, 6.45) is 2.47. The van der Waals surface area contributed by atoms with Crippen molar-refractivity contribution in [3.8, 4) is 0 Å². The first kappa shape index (κ1) is 16.2. The second-order valence-electron chi connectivity index (χ2n) is 5.51. The van der Waals surface area contributed by atoms with Gasteiger partial charge in [0.05, 0.1) is 0 Å². The fourth-order valence-electron chi connectivity index (χ4n) is 2.68. The maximum atomic E-state index is 3.62. The Balaban J connectivity index is 2.22. The molecule has 2 rings (SSSR count). The molecule has 2 nitrogen and oxygen atoms in total. The van der Waals surface area contributed by atoms with E-state index in [-0.39, 0.29) is 0 Å². The highest BCUT2D eigenvalue weighted by Crippen LogP contribution is 2.33. The Kier molecular flexibility index (Phi) is 6.24. The topological polar surface area (TPSA) is 15.3 Å². The molecule has 1 N–H and O–H groups in total. The van der Waals surface area contributed by atoms with Crippen molar-refractivity contribution in [2.45, 2.75) is 38.8 Å². The van der Waals surface area contributed by atoms with Crippen LogP contribution in [0.1, 0.15) is 38.3 Å². The fourth-order valence-corrected chi connectivity index (χ4v) is 4.30. The number of hydrogen-bond acceptors (Lipinski definition) is 3. The summed E-state index contributed by atoms with van der Waals surface area (Å²) in [5.74, 6) is 2.54. The third-order valence-corrected chi connectivity index (χ3v) is 5.63. The quantitative estimate of drug-likeness (QED) is 0.810. The number of nitrogens with one attached hydrogen (secondary N) is 1. The molecule has 0 aliphatic carbocycles. The van der Waals surface area contributed by atoms with Crippen LogP contribution in [-0.2, 0) is 0 Å². The average Bonchev–Trinajstić information content (AvgIpc) is 2.98. The summed E-state index contributed by atoms with van der Waals surface area (Å²) >= 11 is 5.69. The van der Waals surface area contributed by atoms with Crippen LogP contribution in [0.3, 0.4) is 0 Å². The van der Waals surface area contributed by atoms with Crippen molar-refractivity contribution in [1.82, 2.24) is 5.32 Å². The van der Waals surface area contributed by atoms with Gasteiger partial charge in [-0.3, -0.25) is 0 Å². The van der Waals surface area contributed by atoms with E-state index in [0.717, 1.165) is 11.0 Å². The van der Waals surface area contributed by atoms with E-state index in [1.165, 1.54) is 35.6 Å². The van der Waals surface area contributed by atoms with Crippen LogP contribution >= 0.6 is 27.7 Å². The predicted molar refractivity (Wildman–Crippen MR) is 95.0 cm³/mol. The van der Waals surface area contributed by atoms with Crippen LogP contribution in [-0.4, -0.2) is 31.1 Å². The van der Waals surface area contributed by atoms with Gasteiger partial charge in [0.1, 0.15) is 0 Å².